The van der Waals surface area contributed by atoms with E-state index in [4.69, 9.17) is 4.74 Å². The highest BCUT2D eigenvalue weighted by molar-refractivity contribution is 5.83. The van der Waals surface area contributed by atoms with Crippen LogP contribution in [-0.4, -0.2) is 48.6 Å². The molecule has 5 nitrogen and oxygen atoms in total. The van der Waals surface area contributed by atoms with Gasteiger partial charge in [0.25, 0.3) is 0 Å². The number of fused-ring (bicyclic) bond motifs is 2. The number of hydrogen-bond acceptors (Lipinski definition) is 3. The number of carbonyl (C=O) groups excluding carboxylic acids is 2. The van der Waals surface area contributed by atoms with Crippen LogP contribution in [0.15, 0.2) is 0 Å². The van der Waals surface area contributed by atoms with Gasteiger partial charge in [0.2, 0.25) is 11.8 Å². The second-order valence-corrected chi connectivity index (χ2v) is 7.25. The third-order valence-corrected chi connectivity index (χ3v) is 5.55. The summed E-state index contributed by atoms with van der Waals surface area (Å²) in [4.78, 5) is 26.3. The van der Waals surface area contributed by atoms with E-state index in [2.05, 4.69) is 5.32 Å². The second-order valence-electron chi connectivity index (χ2n) is 7.25. The largest absolute Gasteiger partial charge is 0.374 e. The van der Waals surface area contributed by atoms with Crippen LogP contribution in [0.1, 0.15) is 58.3 Å². The molecule has 2 bridgehead atoms. The van der Waals surface area contributed by atoms with Crippen molar-refractivity contribution in [1.29, 1.82) is 0 Å². The molecule has 0 aliphatic carbocycles. The van der Waals surface area contributed by atoms with Gasteiger partial charge >= 0.3 is 0 Å². The van der Waals surface area contributed by atoms with Crippen LogP contribution >= 0.6 is 0 Å². The van der Waals surface area contributed by atoms with Crippen LogP contribution in [0.5, 0.6) is 0 Å². The summed E-state index contributed by atoms with van der Waals surface area (Å²) in [5, 5.41) is 3.06. The topological polar surface area (TPSA) is 58.6 Å². The van der Waals surface area contributed by atoms with Gasteiger partial charge < -0.3 is 15.0 Å². The van der Waals surface area contributed by atoms with Gasteiger partial charge in [-0.2, -0.15) is 0 Å². The maximum absolute atomic E-state index is 12.5. The molecule has 0 spiro atoms. The molecular formula is C17H28N2O3. The lowest BCUT2D eigenvalue weighted by molar-refractivity contribution is -0.132. The molecule has 124 valence electrons. The van der Waals surface area contributed by atoms with Gasteiger partial charge in [0.05, 0.1) is 17.6 Å². The molecule has 3 aliphatic heterocycles. The predicted octanol–water partition coefficient (Wildman–Crippen LogP) is 1.85. The number of carbonyl (C=O) groups is 2. The Kier molecular flexibility index (Phi) is 4.71. The van der Waals surface area contributed by atoms with Crippen molar-refractivity contribution in [1.82, 2.24) is 10.2 Å². The fraction of sp³-hybridized carbons (Fsp3) is 0.882. The van der Waals surface area contributed by atoms with E-state index in [0.717, 1.165) is 58.0 Å². The molecule has 22 heavy (non-hydrogen) atoms. The molecule has 3 fully saturated rings. The average molecular weight is 308 g/mol. The zero-order valence-electron chi connectivity index (χ0n) is 13.6. The first-order valence-corrected chi connectivity index (χ1v) is 8.81. The first-order valence-electron chi connectivity index (χ1n) is 8.81. The third-order valence-electron chi connectivity index (χ3n) is 5.55. The Labute approximate surface area is 132 Å². The zero-order valence-corrected chi connectivity index (χ0v) is 13.6. The van der Waals surface area contributed by atoms with Crippen molar-refractivity contribution in [3.8, 4) is 0 Å². The van der Waals surface area contributed by atoms with Crippen molar-refractivity contribution >= 4 is 11.8 Å². The number of hydrogen-bond donors (Lipinski definition) is 1. The number of likely N-dealkylation sites (tertiary alicyclic amines) is 1. The minimum absolute atomic E-state index is 0.102. The van der Waals surface area contributed by atoms with Crippen LogP contribution in [0, 0.1) is 5.41 Å². The molecule has 0 radical (unpaired) electrons. The van der Waals surface area contributed by atoms with Gasteiger partial charge in [0.15, 0.2) is 0 Å². The molecule has 0 saturated carbocycles. The SMILES string of the molecule is C[C@]1(C(=O)NCCCN2CCCCCC2=O)C[C@H]2CC[C@H]1O2. The number of nitrogens with zero attached hydrogens (tertiary/aromatic N) is 1. The molecule has 5 heteroatoms. The summed E-state index contributed by atoms with van der Waals surface area (Å²) in [5.41, 5.74) is -0.346. The molecular weight excluding hydrogens is 280 g/mol. The van der Waals surface area contributed by atoms with Gasteiger partial charge in [0, 0.05) is 26.1 Å². The second kappa shape index (κ2) is 6.57. The lowest BCUT2D eigenvalue weighted by Gasteiger charge is -2.30. The van der Waals surface area contributed by atoms with Gasteiger partial charge in [-0.1, -0.05) is 6.42 Å². The molecule has 3 saturated heterocycles. The van der Waals surface area contributed by atoms with Crippen LogP contribution < -0.4 is 5.32 Å². The highest BCUT2D eigenvalue weighted by Crippen LogP contribution is 2.47. The molecule has 0 unspecified atom stereocenters. The maximum Gasteiger partial charge on any atom is 0.228 e. The summed E-state index contributed by atoms with van der Waals surface area (Å²) in [5.74, 6) is 0.402. The Bertz CT molecular complexity index is 440. The van der Waals surface area contributed by atoms with E-state index in [1.807, 2.05) is 11.8 Å². The van der Waals surface area contributed by atoms with Gasteiger partial charge in [-0.3, -0.25) is 9.59 Å². The van der Waals surface area contributed by atoms with E-state index in [1.165, 1.54) is 0 Å². The summed E-state index contributed by atoms with van der Waals surface area (Å²) in [6.45, 7) is 4.32. The van der Waals surface area contributed by atoms with Crippen molar-refractivity contribution in [2.45, 2.75) is 70.5 Å². The van der Waals surface area contributed by atoms with E-state index in [-0.39, 0.29) is 29.4 Å². The van der Waals surface area contributed by atoms with E-state index in [0.29, 0.717) is 13.0 Å². The standard InChI is InChI=1S/C17H28N2O3/c1-17(12-13-7-8-14(17)22-13)16(21)18-9-5-11-19-10-4-2-3-6-15(19)20/h13-14H,2-12H2,1H3,(H,18,21)/t13-,14-,17+/m1/s1. The molecule has 3 aliphatic rings. The van der Waals surface area contributed by atoms with Crippen molar-refractivity contribution in [3.63, 3.8) is 0 Å². The Morgan fingerprint density at radius 2 is 2.23 bits per heavy atom. The number of rotatable bonds is 5. The monoisotopic (exact) mass is 308 g/mol. The first kappa shape index (κ1) is 15.8. The third kappa shape index (κ3) is 3.14. The van der Waals surface area contributed by atoms with Crippen LogP contribution in [0.25, 0.3) is 0 Å². The normalized spacial score (nSPS) is 34.8. The number of nitrogens with one attached hydrogen (secondary N) is 1. The molecule has 0 aromatic rings. The summed E-state index contributed by atoms with van der Waals surface area (Å²) >= 11 is 0. The molecule has 1 N–H and O–H groups in total. The Hall–Kier alpha value is -1.10. The van der Waals surface area contributed by atoms with Gasteiger partial charge in [0.1, 0.15) is 0 Å². The van der Waals surface area contributed by atoms with E-state index in [1.54, 1.807) is 0 Å². The van der Waals surface area contributed by atoms with Crippen molar-refractivity contribution in [2.24, 2.45) is 5.41 Å². The van der Waals surface area contributed by atoms with Crippen LogP contribution in [-0.2, 0) is 14.3 Å². The van der Waals surface area contributed by atoms with Crippen LogP contribution in [0.4, 0.5) is 0 Å². The van der Waals surface area contributed by atoms with Gasteiger partial charge in [-0.25, -0.2) is 0 Å². The Balaban J connectivity index is 1.39. The van der Waals surface area contributed by atoms with E-state index >= 15 is 0 Å². The lowest BCUT2D eigenvalue weighted by Crippen LogP contribution is -2.45. The Morgan fingerprint density at radius 3 is 2.95 bits per heavy atom. The quantitative estimate of drug-likeness (QED) is 0.789. The summed E-state index contributed by atoms with van der Waals surface area (Å²) in [7, 11) is 0. The molecule has 3 atom stereocenters. The van der Waals surface area contributed by atoms with E-state index in [9.17, 15) is 9.59 Å². The average Bonchev–Trinajstić information content (AvgIpc) is 3.02. The van der Waals surface area contributed by atoms with Gasteiger partial charge in [-0.05, 0) is 45.4 Å². The minimum Gasteiger partial charge on any atom is -0.374 e. The fourth-order valence-corrected chi connectivity index (χ4v) is 4.12. The molecule has 3 rings (SSSR count). The maximum atomic E-state index is 12.5. The number of ether oxygens (including phenoxy) is 1. The predicted molar refractivity (Wildman–Crippen MR) is 83.3 cm³/mol. The highest BCUT2D eigenvalue weighted by Gasteiger charge is 2.53. The fourth-order valence-electron chi connectivity index (χ4n) is 4.12. The van der Waals surface area contributed by atoms with Crippen LogP contribution in [0.2, 0.25) is 0 Å². The summed E-state index contributed by atoms with van der Waals surface area (Å²) in [6, 6.07) is 0. The van der Waals surface area contributed by atoms with Crippen molar-refractivity contribution < 1.29 is 14.3 Å². The zero-order chi connectivity index (χ0) is 15.6. The van der Waals surface area contributed by atoms with Crippen LogP contribution in [0.3, 0.4) is 0 Å². The Morgan fingerprint density at radius 1 is 1.36 bits per heavy atom. The lowest BCUT2D eigenvalue weighted by atomic mass is 9.75. The molecule has 3 heterocycles. The molecule has 0 aromatic carbocycles. The summed E-state index contributed by atoms with van der Waals surface area (Å²) < 4.78 is 5.82. The number of amides is 2. The molecule has 0 aromatic heterocycles. The first-order chi connectivity index (χ1) is 10.6. The minimum atomic E-state index is -0.346. The van der Waals surface area contributed by atoms with Gasteiger partial charge in [-0.15, -0.1) is 0 Å². The van der Waals surface area contributed by atoms with E-state index < -0.39 is 0 Å². The smallest absolute Gasteiger partial charge is 0.228 e. The molecule has 2 amide bonds. The highest BCUT2D eigenvalue weighted by atomic mass is 16.5. The van der Waals surface area contributed by atoms with Crippen molar-refractivity contribution in [2.75, 3.05) is 19.6 Å². The van der Waals surface area contributed by atoms with Crippen molar-refractivity contribution in [3.05, 3.63) is 0 Å². The summed E-state index contributed by atoms with van der Waals surface area (Å²) in [6.07, 6.45) is 8.16.